The molecule has 3 N–H and O–H groups in total. The summed E-state index contributed by atoms with van der Waals surface area (Å²) in [5.41, 5.74) is 2.92. The number of fused-ring (bicyclic) bond motifs is 1. The Morgan fingerprint density at radius 1 is 1.07 bits per heavy atom. The molecule has 0 saturated heterocycles. The van der Waals surface area contributed by atoms with Crippen LogP contribution in [0, 0.1) is 0 Å². The summed E-state index contributed by atoms with van der Waals surface area (Å²) in [4.78, 5) is 42.9. The van der Waals surface area contributed by atoms with Gasteiger partial charge in [-0.15, -0.1) is 5.10 Å². The van der Waals surface area contributed by atoms with E-state index in [0.29, 0.717) is 57.3 Å². The van der Waals surface area contributed by atoms with Gasteiger partial charge in [0.05, 0.1) is 39.9 Å². The molecule has 1 aliphatic heterocycles. The largest absolute Gasteiger partial charge is 0.370 e. The second kappa shape index (κ2) is 11.7. The van der Waals surface area contributed by atoms with Gasteiger partial charge in [0.15, 0.2) is 5.82 Å². The zero-order chi connectivity index (χ0) is 29.3. The molecule has 2 amide bonds. The Morgan fingerprint density at radius 2 is 1.88 bits per heavy atom. The van der Waals surface area contributed by atoms with Crippen LogP contribution in [-0.4, -0.2) is 59.2 Å². The number of benzene rings is 1. The van der Waals surface area contributed by atoms with Crippen LogP contribution in [0.2, 0.25) is 10.0 Å². The standard InChI is InChI=1S/C27H28Cl2N10O2/c1-5-30-21-9-8-19(28)23(34-21)14(2)33-25(40)15(3)39-13-17-7-6-16(10-18(17)26(39)41)24-20(29)11-31-27(36-24)35-22-12-32-38(4)37-22/h6-12,14-15H,5,13H2,1-4H3,(H,30,34)(H,33,40)(H,31,35,36,37). The number of halogens is 2. The fraction of sp³-hybridized carbons (Fsp3) is 0.296. The van der Waals surface area contributed by atoms with Gasteiger partial charge < -0.3 is 20.9 Å². The molecule has 1 aromatic carbocycles. The predicted octanol–water partition coefficient (Wildman–Crippen LogP) is 4.37. The molecule has 2 atom stereocenters. The summed E-state index contributed by atoms with van der Waals surface area (Å²) in [5.74, 6) is 0.853. The van der Waals surface area contributed by atoms with E-state index in [9.17, 15) is 9.59 Å². The fourth-order valence-electron chi connectivity index (χ4n) is 4.52. The molecule has 0 saturated carbocycles. The number of nitrogens with zero attached hydrogens (tertiary/aromatic N) is 7. The summed E-state index contributed by atoms with van der Waals surface area (Å²) in [6.45, 7) is 6.47. The van der Waals surface area contributed by atoms with Gasteiger partial charge in [-0.3, -0.25) is 9.59 Å². The third-order valence-electron chi connectivity index (χ3n) is 6.65. The molecule has 1 aliphatic rings. The first kappa shape index (κ1) is 28.2. The lowest BCUT2D eigenvalue weighted by Crippen LogP contribution is -2.46. The zero-order valence-electron chi connectivity index (χ0n) is 22.8. The summed E-state index contributed by atoms with van der Waals surface area (Å²) in [7, 11) is 1.70. The number of pyridine rings is 1. The number of aryl methyl sites for hydroxylation is 1. The molecule has 0 spiro atoms. The molecule has 0 radical (unpaired) electrons. The third kappa shape index (κ3) is 5.93. The van der Waals surface area contributed by atoms with Crippen molar-refractivity contribution in [3.63, 3.8) is 0 Å². The Bertz CT molecular complexity index is 1630. The van der Waals surface area contributed by atoms with E-state index in [1.807, 2.05) is 19.1 Å². The minimum atomic E-state index is -0.734. The molecule has 14 heteroatoms. The quantitative estimate of drug-likeness (QED) is 0.257. The van der Waals surface area contributed by atoms with E-state index in [0.717, 1.165) is 5.56 Å². The van der Waals surface area contributed by atoms with Crippen LogP contribution < -0.4 is 16.0 Å². The number of aromatic nitrogens is 6. The van der Waals surface area contributed by atoms with E-state index >= 15 is 0 Å². The van der Waals surface area contributed by atoms with Gasteiger partial charge in [0.2, 0.25) is 11.9 Å². The number of carbonyl (C=O) groups excluding carboxylic acids is 2. The van der Waals surface area contributed by atoms with Crippen LogP contribution >= 0.6 is 23.2 Å². The second-order valence-electron chi connectivity index (χ2n) is 9.54. The number of amides is 2. The summed E-state index contributed by atoms with van der Waals surface area (Å²) in [5, 5.41) is 18.0. The number of rotatable bonds is 9. The van der Waals surface area contributed by atoms with Gasteiger partial charge in [-0.2, -0.15) is 9.90 Å². The topological polar surface area (TPSA) is 143 Å². The van der Waals surface area contributed by atoms with Crippen LogP contribution in [0.25, 0.3) is 11.3 Å². The second-order valence-corrected chi connectivity index (χ2v) is 10.4. The normalized spacial score (nSPS) is 14.0. The SMILES string of the molecule is CCNc1ccc(Cl)c(C(C)NC(=O)C(C)N2Cc3ccc(-c4nc(Nc5cnn(C)n5)ncc4Cl)cc3C2=O)n1. The lowest BCUT2D eigenvalue weighted by atomic mass is 10.0. The summed E-state index contributed by atoms with van der Waals surface area (Å²) in [6, 6.07) is 7.75. The van der Waals surface area contributed by atoms with Crippen LogP contribution in [-0.2, 0) is 18.4 Å². The summed E-state index contributed by atoms with van der Waals surface area (Å²) >= 11 is 12.8. The molecular weight excluding hydrogens is 567 g/mol. The maximum atomic E-state index is 13.5. The minimum absolute atomic E-state index is 0.259. The molecule has 12 nitrogen and oxygen atoms in total. The Balaban J connectivity index is 1.31. The van der Waals surface area contributed by atoms with Gasteiger partial charge in [0.1, 0.15) is 11.9 Å². The lowest BCUT2D eigenvalue weighted by molar-refractivity contribution is -0.125. The third-order valence-corrected chi connectivity index (χ3v) is 7.24. The van der Waals surface area contributed by atoms with Crippen LogP contribution in [0.15, 0.2) is 42.7 Å². The van der Waals surface area contributed by atoms with Crippen molar-refractivity contribution in [2.24, 2.45) is 7.05 Å². The number of hydrogen-bond donors (Lipinski definition) is 3. The Kier molecular flexibility index (Phi) is 8.04. The highest BCUT2D eigenvalue weighted by molar-refractivity contribution is 6.33. The van der Waals surface area contributed by atoms with Crippen molar-refractivity contribution in [3.8, 4) is 11.3 Å². The van der Waals surface area contributed by atoms with Crippen molar-refractivity contribution in [3.05, 3.63) is 69.6 Å². The summed E-state index contributed by atoms with van der Waals surface area (Å²) < 4.78 is 0. The van der Waals surface area contributed by atoms with Gasteiger partial charge in [-0.25, -0.2) is 15.0 Å². The maximum absolute atomic E-state index is 13.5. The van der Waals surface area contributed by atoms with E-state index < -0.39 is 12.1 Å². The van der Waals surface area contributed by atoms with E-state index in [-0.39, 0.29) is 17.8 Å². The fourth-order valence-corrected chi connectivity index (χ4v) is 4.99. The van der Waals surface area contributed by atoms with Crippen LogP contribution in [0.5, 0.6) is 0 Å². The molecule has 4 heterocycles. The average Bonchev–Trinajstić information content (AvgIpc) is 3.52. The smallest absolute Gasteiger partial charge is 0.255 e. The van der Waals surface area contributed by atoms with E-state index in [2.05, 4.69) is 41.1 Å². The first-order valence-electron chi connectivity index (χ1n) is 13.0. The molecule has 0 fully saturated rings. The molecule has 212 valence electrons. The highest BCUT2D eigenvalue weighted by atomic mass is 35.5. The van der Waals surface area contributed by atoms with Crippen molar-refractivity contribution in [2.75, 3.05) is 17.2 Å². The van der Waals surface area contributed by atoms with E-state index in [1.165, 1.54) is 15.9 Å². The zero-order valence-corrected chi connectivity index (χ0v) is 24.3. The van der Waals surface area contributed by atoms with Gasteiger partial charge in [0.25, 0.3) is 5.91 Å². The monoisotopic (exact) mass is 594 g/mol. The van der Waals surface area contributed by atoms with Gasteiger partial charge in [-0.1, -0.05) is 35.3 Å². The van der Waals surface area contributed by atoms with Gasteiger partial charge >= 0.3 is 0 Å². The lowest BCUT2D eigenvalue weighted by Gasteiger charge is -2.25. The van der Waals surface area contributed by atoms with Gasteiger partial charge in [0, 0.05) is 31.3 Å². The molecule has 0 aliphatic carbocycles. The number of anilines is 3. The highest BCUT2D eigenvalue weighted by Gasteiger charge is 2.35. The molecule has 0 bridgehead atoms. The van der Waals surface area contributed by atoms with Crippen molar-refractivity contribution >= 4 is 52.6 Å². The highest BCUT2D eigenvalue weighted by Crippen LogP contribution is 2.33. The van der Waals surface area contributed by atoms with Crippen LogP contribution in [0.4, 0.5) is 17.6 Å². The molecule has 2 unspecified atom stereocenters. The van der Waals surface area contributed by atoms with Crippen molar-refractivity contribution < 1.29 is 9.59 Å². The first-order chi connectivity index (χ1) is 19.6. The number of carbonyl (C=O) groups is 2. The van der Waals surface area contributed by atoms with Crippen LogP contribution in [0.3, 0.4) is 0 Å². The molecule has 4 aromatic rings. The Hall–Kier alpha value is -4.29. The van der Waals surface area contributed by atoms with Crippen LogP contribution in [0.1, 0.15) is 48.4 Å². The predicted molar refractivity (Wildman–Crippen MR) is 156 cm³/mol. The van der Waals surface area contributed by atoms with E-state index in [4.69, 9.17) is 23.2 Å². The Labute approximate surface area is 246 Å². The molecule has 5 rings (SSSR count). The van der Waals surface area contributed by atoms with Crippen molar-refractivity contribution in [1.82, 2.24) is 40.2 Å². The van der Waals surface area contributed by atoms with Crippen molar-refractivity contribution in [1.29, 1.82) is 0 Å². The number of nitrogens with one attached hydrogen (secondary N) is 3. The van der Waals surface area contributed by atoms with Gasteiger partial charge in [-0.05, 0) is 44.5 Å². The van der Waals surface area contributed by atoms with E-state index in [1.54, 1.807) is 45.3 Å². The average molecular weight is 595 g/mol. The molecule has 3 aromatic heterocycles. The molecular formula is C27H28Cl2N10O2. The Morgan fingerprint density at radius 3 is 2.61 bits per heavy atom. The molecule has 41 heavy (non-hydrogen) atoms. The number of hydrogen-bond acceptors (Lipinski definition) is 9. The first-order valence-corrected chi connectivity index (χ1v) is 13.7. The maximum Gasteiger partial charge on any atom is 0.255 e. The van der Waals surface area contributed by atoms with Crippen molar-refractivity contribution in [2.45, 2.75) is 39.4 Å². The summed E-state index contributed by atoms with van der Waals surface area (Å²) in [6.07, 6.45) is 3.02. The minimum Gasteiger partial charge on any atom is -0.370 e.